The minimum absolute atomic E-state index is 0.135. The summed E-state index contributed by atoms with van der Waals surface area (Å²) < 4.78 is 36.0. The number of amides is 1. The maximum Gasteiger partial charge on any atom is 0.251 e. The zero-order valence-corrected chi connectivity index (χ0v) is 15.7. The lowest BCUT2D eigenvalue weighted by molar-refractivity contribution is 0.0897. The minimum atomic E-state index is -3.56. The summed E-state index contributed by atoms with van der Waals surface area (Å²) in [5.41, 5.74) is 5.74. The Balaban J connectivity index is 2.39. The van der Waals surface area contributed by atoms with Crippen LogP contribution in [0.2, 0.25) is 0 Å². The number of nitrogens with one attached hydrogen (secondary N) is 2. The largest absolute Gasteiger partial charge is 0.493 e. The number of anilines is 1. The summed E-state index contributed by atoms with van der Waals surface area (Å²) in [5, 5.41) is 2.96. The molecule has 0 spiro atoms. The maximum absolute atomic E-state index is 12.7. The van der Waals surface area contributed by atoms with Crippen LogP contribution in [-0.2, 0) is 10.0 Å². The molecule has 0 bridgehead atoms. The number of methoxy groups -OCH3 is 2. The third kappa shape index (κ3) is 4.55. The average molecular weight is 371 g/mol. The van der Waals surface area contributed by atoms with Gasteiger partial charge in [-0.3, -0.25) is 9.52 Å². The molecule has 1 amide bonds. The van der Waals surface area contributed by atoms with Gasteiger partial charge in [0.05, 0.1) is 31.7 Å². The summed E-state index contributed by atoms with van der Waals surface area (Å²) >= 11 is 0. The predicted octanol–water partition coefficient (Wildman–Crippen LogP) is 0.933. The Morgan fingerprint density at radius 3 is 2.40 bits per heavy atom. The van der Waals surface area contributed by atoms with Crippen LogP contribution in [0.25, 0.3) is 0 Å². The van der Waals surface area contributed by atoms with E-state index in [1.807, 2.05) is 6.92 Å². The summed E-state index contributed by atoms with van der Waals surface area (Å²) in [6.45, 7) is 2.24. The normalized spacial score (nSPS) is 16.7. The van der Waals surface area contributed by atoms with Crippen LogP contribution in [0, 0.1) is 5.92 Å². The standard InChI is InChI=1S/C16H25N3O5S/c1-16(9-17,11-5-6-11)18-15(20)10-7-12(19-25(4,21)22)14(24-3)13(8-10)23-2/h7-8,11,19H,5-6,9,17H2,1-4H3,(H,18,20). The Bertz CT molecular complexity index is 761. The Kier molecular flexibility index (Phi) is 5.48. The Morgan fingerprint density at radius 2 is 1.96 bits per heavy atom. The van der Waals surface area contributed by atoms with Crippen LogP contribution in [0.4, 0.5) is 5.69 Å². The number of carbonyl (C=O) groups excluding carboxylic acids is 1. The molecule has 1 aliphatic rings. The molecular weight excluding hydrogens is 346 g/mol. The first-order chi connectivity index (χ1) is 11.6. The number of hydrogen-bond acceptors (Lipinski definition) is 6. The fraction of sp³-hybridized carbons (Fsp3) is 0.562. The third-order valence-electron chi connectivity index (χ3n) is 4.34. The SMILES string of the molecule is COc1cc(C(=O)NC(C)(CN)C2CC2)cc(NS(C)(=O)=O)c1OC. The summed E-state index contributed by atoms with van der Waals surface area (Å²) in [6.07, 6.45) is 3.08. The molecule has 9 heteroatoms. The van der Waals surface area contributed by atoms with Crippen molar-refractivity contribution in [2.75, 3.05) is 31.7 Å². The lowest BCUT2D eigenvalue weighted by Crippen LogP contribution is -2.53. The van der Waals surface area contributed by atoms with Gasteiger partial charge in [0.1, 0.15) is 0 Å². The molecule has 1 atom stereocenters. The highest BCUT2D eigenvalue weighted by Gasteiger charge is 2.41. The molecule has 8 nitrogen and oxygen atoms in total. The lowest BCUT2D eigenvalue weighted by atomic mass is 9.95. The monoisotopic (exact) mass is 371 g/mol. The second-order valence-electron chi connectivity index (χ2n) is 6.48. The molecule has 1 unspecified atom stereocenters. The summed E-state index contributed by atoms with van der Waals surface area (Å²) in [7, 11) is -0.751. The molecule has 1 aliphatic carbocycles. The Morgan fingerprint density at radius 1 is 1.32 bits per heavy atom. The van der Waals surface area contributed by atoms with Crippen LogP contribution < -0.4 is 25.2 Å². The van der Waals surface area contributed by atoms with Crippen LogP contribution in [0.1, 0.15) is 30.1 Å². The predicted molar refractivity (Wildman–Crippen MR) is 95.7 cm³/mol. The van der Waals surface area contributed by atoms with Crippen molar-refractivity contribution < 1.29 is 22.7 Å². The topological polar surface area (TPSA) is 120 Å². The number of rotatable bonds is 8. The van der Waals surface area contributed by atoms with Crippen molar-refractivity contribution >= 4 is 21.6 Å². The molecule has 1 saturated carbocycles. The van der Waals surface area contributed by atoms with E-state index in [4.69, 9.17) is 15.2 Å². The molecular formula is C16H25N3O5S. The van der Waals surface area contributed by atoms with Crippen molar-refractivity contribution in [3.8, 4) is 11.5 Å². The van der Waals surface area contributed by atoms with Gasteiger partial charge in [0.2, 0.25) is 10.0 Å². The highest BCUT2D eigenvalue weighted by atomic mass is 32.2. The van der Waals surface area contributed by atoms with Crippen LogP contribution in [0.5, 0.6) is 11.5 Å². The molecule has 1 aromatic rings. The van der Waals surface area contributed by atoms with Crippen LogP contribution >= 0.6 is 0 Å². The van der Waals surface area contributed by atoms with E-state index in [0.717, 1.165) is 19.1 Å². The maximum atomic E-state index is 12.7. The Hall–Kier alpha value is -2.00. The second-order valence-corrected chi connectivity index (χ2v) is 8.23. The van der Waals surface area contributed by atoms with Crippen LogP contribution in [-0.4, -0.2) is 46.9 Å². The summed E-state index contributed by atoms with van der Waals surface area (Å²) in [4.78, 5) is 12.7. The van der Waals surface area contributed by atoms with E-state index in [-0.39, 0.29) is 28.7 Å². The van der Waals surface area contributed by atoms with Gasteiger partial charge in [0.15, 0.2) is 11.5 Å². The molecule has 1 fully saturated rings. The number of nitrogens with two attached hydrogens (primary N) is 1. The van der Waals surface area contributed by atoms with E-state index in [9.17, 15) is 13.2 Å². The highest BCUT2D eigenvalue weighted by molar-refractivity contribution is 7.92. The quantitative estimate of drug-likeness (QED) is 0.625. The zero-order chi connectivity index (χ0) is 18.8. The van der Waals surface area contributed by atoms with Crippen molar-refractivity contribution in [1.82, 2.24) is 5.32 Å². The first-order valence-electron chi connectivity index (χ1n) is 7.90. The number of sulfonamides is 1. The molecule has 0 heterocycles. The molecule has 25 heavy (non-hydrogen) atoms. The van der Waals surface area contributed by atoms with Gasteiger partial charge in [-0.15, -0.1) is 0 Å². The average Bonchev–Trinajstić information content (AvgIpc) is 3.37. The fourth-order valence-corrected chi connectivity index (χ4v) is 3.29. The lowest BCUT2D eigenvalue weighted by Gasteiger charge is -2.29. The van der Waals surface area contributed by atoms with Gasteiger partial charge in [0, 0.05) is 12.1 Å². The zero-order valence-electron chi connectivity index (χ0n) is 14.9. The van der Waals surface area contributed by atoms with Crippen LogP contribution in [0.15, 0.2) is 12.1 Å². The van der Waals surface area contributed by atoms with E-state index in [1.165, 1.54) is 26.4 Å². The van der Waals surface area contributed by atoms with Gasteiger partial charge < -0.3 is 20.5 Å². The minimum Gasteiger partial charge on any atom is -0.493 e. The van der Waals surface area contributed by atoms with Gasteiger partial charge in [-0.1, -0.05) is 0 Å². The number of ether oxygens (including phenoxy) is 2. The van der Waals surface area contributed by atoms with Gasteiger partial charge in [0.25, 0.3) is 5.91 Å². The molecule has 0 saturated heterocycles. The van der Waals surface area contributed by atoms with E-state index in [1.54, 1.807) is 0 Å². The molecule has 140 valence electrons. The van der Waals surface area contributed by atoms with Crippen molar-refractivity contribution in [1.29, 1.82) is 0 Å². The summed E-state index contributed by atoms with van der Waals surface area (Å²) in [6, 6.07) is 2.92. The molecule has 2 rings (SSSR count). The second kappa shape index (κ2) is 7.09. The van der Waals surface area contributed by atoms with E-state index in [2.05, 4.69) is 10.0 Å². The summed E-state index contributed by atoms with van der Waals surface area (Å²) in [5.74, 6) is 0.461. The van der Waals surface area contributed by atoms with Gasteiger partial charge in [-0.25, -0.2) is 8.42 Å². The molecule has 4 N–H and O–H groups in total. The number of hydrogen-bond donors (Lipinski definition) is 3. The van der Waals surface area contributed by atoms with Gasteiger partial charge >= 0.3 is 0 Å². The van der Waals surface area contributed by atoms with Crippen molar-refractivity contribution in [2.24, 2.45) is 11.7 Å². The molecule has 0 aliphatic heterocycles. The highest BCUT2D eigenvalue weighted by Crippen LogP contribution is 2.40. The first kappa shape index (κ1) is 19.3. The van der Waals surface area contributed by atoms with E-state index < -0.39 is 15.6 Å². The van der Waals surface area contributed by atoms with E-state index >= 15 is 0 Å². The van der Waals surface area contributed by atoms with Gasteiger partial charge in [-0.2, -0.15) is 0 Å². The smallest absolute Gasteiger partial charge is 0.251 e. The van der Waals surface area contributed by atoms with Crippen LogP contribution in [0.3, 0.4) is 0 Å². The van der Waals surface area contributed by atoms with Crippen molar-refractivity contribution in [3.05, 3.63) is 17.7 Å². The van der Waals surface area contributed by atoms with Crippen molar-refractivity contribution in [2.45, 2.75) is 25.3 Å². The third-order valence-corrected chi connectivity index (χ3v) is 4.93. The fourth-order valence-electron chi connectivity index (χ4n) is 2.74. The molecule has 0 radical (unpaired) electrons. The van der Waals surface area contributed by atoms with Gasteiger partial charge in [-0.05, 0) is 37.8 Å². The number of benzene rings is 1. The first-order valence-corrected chi connectivity index (χ1v) is 9.79. The number of carbonyl (C=O) groups is 1. The van der Waals surface area contributed by atoms with E-state index in [0.29, 0.717) is 12.5 Å². The molecule has 1 aromatic carbocycles. The van der Waals surface area contributed by atoms with Crippen molar-refractivity contribution in [3.63, 3.8) is 0 Å². The Labute approximate surface area is 148 Å². The molecule has 0 aromatic heterocycles.